The number of carbonyl (C=O) groups excluding carboxylic acids is 1. The first-order chi connectivity index (χ1) is 15.5. The number of sulfonamides is 2. The number of amides is 1. The molecule has 2 N–H and O–H groups in total. The molecule has 180 valence electrons. The van der Waals surface area contributed by atoms with Gasteiger partial charge in [0.1, 0.15) is 0 Å². The van der Waals surface area contributed by atoms with Gasteiger partial charge < -0.3 is 5.32 Å². The summed E-state index contributed by atoms with van der Waals surface area (Å²) in [7, 11) is -7.20. The third-order valence-electron chi connectivity index (χ3n) is 5.55. The predicted octanol–water partition coefficient (Wildman–Crippen LogP) is 2.72. The van der Waals surface area contributed by atoms with Gasteiger partial charge in [0.25, 0.3) is 5.91 Å². The number of piperidine rings is 1. The van der Waals surface area contributed by atoms with Crippen LogP contribution < -0.4 is 10.0 Å². The molecule has 0 spiro atoms. The molecule has 10 heteroatoms. The van der Waals surface area contributed by atoms with Crippen molar-refractivity contribution in [2.45, 2.75) is 56.0 Å². The van der Waals surface area contributed by atoms with E-state index in [2.05, 4.69) is 17.0 Å². The first-order valence-electron chi connectivity index (χ1n) is 11.0. The van der Waals surface area contributed by atoms with Crippen molar-refractivity contribution < 1.29 is 21.6 Å². The molecule has 1 amide bonds. The molecule has 0 saturated carbocycles. The lowest BCUT2D eigenvalue weighted by Gasteiger charge is -2.29. The van der Waals surface area contributed by atoms with Gasteiger partial charge >= 0.3 is 0 Å². The summed E-state index contributed by atoms with van der Waals surface area (Å²) >= 11 is 0. The van der Waals surface area contributed by atoms with Crippen molar-refractivity contribution in [1.29, 1.82) is 0 Å². The quantitative estimate of drug-likeness (QED) is 0.587. The molecule has 0 aromatic heterocycles. The Balaban J connectivity index is 1.64. The summed E-state index contributed by atoms with van der Waals surface area (Å²) < 4.78 is 54.4. The van der Waals surface area contributed by atoms with Gasteiger partial charge in [0.05, 0.1) is 9.79 Å². The lowest BCUT2D eigenvalue weighted by Crippen LogP contribution is -2.37. The molecule has 1 fully saturated rings. The fraction of sp³-hybridized carbons (Fsp3) is 0.435. The van der Waals surface area contributed by atoms with E-state index in [4.69, 9.17) is 0 Å². The average Bonchev–Trinajstić information content (AvgIpc) is 2.77. The molecule has 0 bridgehead atoms. The van der Waals surface area contributed by atoms with Crippen molar-refractivity contribution >= 4 is 26.0 Å². The standard InChI is InChI=1S/C23H31N3O5S2/c1-17(2)25-32(28,29)22-6-4-5-19(15-22)16-24-23(27)20-7-9-21(10-8-20)33(30,31)26-13-11-18(3)12-14-26/h4-10,15,17-18,25H,11-14,16H2,1-3H3,(H,24,27). The molecule has 1 aliphatic heterocycles. The Morgan fingerprint density at radius 1 is 1.00 bits per heavy atom. The lowest BCUT2D eigenvalue weighted by atomic mass is 10.0. The molecular weight excluding hydrogens is 462 g/mol. The maximum absolute atomic E-state index is 12.8. The fourth-order valence-corrected chi connectivity index (χ4v) is 6.43. The molecular formula is C23H31N3O5S2. The SMILES string of the molecule is CC1CCN(S(=O)(=O)c2ccc(C(=O)NCc3cccc(S(=O)(=O)NC(C)C)c3)cc2)CC1. The summed E-state index contributed by atoms with van der Waals surface area (Å²) in [6.45, 7) is 6.75. The first kappa shape index (κ1) is 25.4. The van der Waals surface area contributed by atoms with E-state index in [-0.39, 0.29) is 28.3 Å². The molecule has 0 atom stereocenters. The Hall–Kier alpha value is -2.27. The van der Waals surface area contributed by atoms with Crippen molar-refractivity contribution in [2.24, 2.45) is 5.92 Å². The predicted molar refractivity (Wildman–Crippen MR) is 127 cm³/mol. The van der Waals surface area contributed by atoms with Crippen LogP contribution in [0.5, 0.6) is 0 Å². The van der Waals surface area contributed by atoms with Crippen LogP contribution in [0.25, 0.3) is 0 Å². The maximum Gasteiger partial charge on any atom is 0.251 e. The Morgan fingerprint density at radius 2 is 1.64 bits per heavy atom. The second-order valence-electron chi connectivity index (χ2n) is 8.72. The van der Waals surface area contributed by atoms with Crippen LogP contribution in [0.15, 0.2) is 58.3 Å². The Morgan fingerprint density at radius 3 is 2.24 bits per heavy atom. The number of nitrogens with one attached hydrogen (secondary N) is 2. The van der Waals surface area contributed by atoms with Crippen LogP contribution in [-0.4, -0.2) is 46.2 Å². The highest BCUT2D eigenvalue weighted by Crippen LogP contribution is 2.23. The third kappa shape index (κ3) is 6.41. The van der Waals surface area contributed by atoms with Crippen molar-refractivity contribution in [2.75, 3.05) is 13.1 Å². The molecule has 33 heavy (non-hydrogen) atoms. The van der Waals surface area contributed by atoms with Crippen molar-refractivity contribution in [3.63, 3.8) is 0 Å². The molecule has 3 rings (SSSR count). The topological polar surface area (TPSA) is 113 Å². The molecule has 0 radical (unpaired) electrons. The summed E-state index contributed by atoms with van der Waals surface area (Å²) in [6.07, 6.45) is 1.69. The van der Waals surface area contributed by atoms with E-state index in [1.165, 1.54) is 40.7 Å². The number of hydrogen-bond donors (Lipinski definition) is 2. The number of carbonyl (C=O) groups is 1. The van der Waals surface area contributed by atoms with Gasteiger partial charge in [-0.15, -0.1) is 0 Å². The van der Waals surface area contributed by atoms with E-state index in [0.29, 0.717) is 30.1 Å². The van der Waals surface area contributed by atoms with Gasteiger partial charge in [0.2, 0.25) is 20.0 Å². The lowest BCUT2D eigenvalue weighted by molar-refractivity contribution is 0.0950. The van der Waals surface area contributed by atoms with Crippen molar-refractivity contribution in [3.8, 4) is 0 Å². The van der Waals surface area contributed by atoms with Crippen LogP contribution in [0.4, 0.5) is 0 Å². The minimum Gasteiger partial charge on any atom is -0.348 e. The smallest absolute Gasteiger partial charge is 0.251 e. The normalized spacial score (nSPS) is 16.1. The van der Waals surface area contributed by atoms with Crippen LogP contribution in [0, 0.1) is 5.92 Å². The van der Waals surface area contributed by atoms with E-state index in [1.807, 2.05) is 0 Å². The molecule has 1 heterocycles. The van der Waals surface area contributed by atoms with Gasteiger partial charge in [-0.1, -0.05) is 19.1 Å². The second-order valence-corrected chi connectivity index (χ2v) is 12.4. The van der Waals surface area contributed by atoms with Gasteiger partial charge in [-0.2, -0.15) is 4.31 Å². The van der Waals surface area contributed by atoms with Crippen LogP contribution in [0.1, 0.15) is 49.5 Å². The molecule has 0 unspecified atom stereocenters. The summed E-state index contributed by atoms with van der Waals surface area (Å²) in [6, 6.07) is 12.0. The van der Waals surface area contributed by atoms with E-state index in [1.54, 1.807) is 26.0 Å². The molecule has 2 aromatic rings. The van der Waals surface area contributed by atoms with Gasteiger partial charge in [0.15, 0.2) is 0 Å². The van der Waals surface area contributed by atoms with Crippen LogP contribution in [-0.2, 0) is 26.6 Å². The Bertz CT molecular complexity index is 1180. The van der Waals surface area contributed by atoms with Gasteiger partial charge in [-0.25, -0.2) is 21.6 Å². The minimum absolute atomic E-state index is 0.129. The zero-order valence-corrected chi connectivity index (χ0v) is 20.7. The van der Waals surface area contributed by atoms with E-state index >= 15 is 0 Å². The first-order valence-corrected chi connectivity index (χ1v) is 13.9. The number of rotatable bonds is 8. The number of hydrogen-bond acceptors (Lipinski definition) is 5. The third-order valence-corrected chi connectivity index (χ3v) is 9.12. The second kappa shape index (κ2) is 10.3. The number of benzene rings is 2. The van der Waals surface area contributed by atoms with Crippen molar-refractivity contribution in [3.05, 3.63) is 59.7 Å². The van der Waals surface area contributed by atoms with Gasteiger partial charge in [-0.3, -0.25) is 4.79 Å². The van der Waals surface area contributed by atoms with Crippen LogP contribution in [0.3, 0.4) is 0 Å². The highest BCUT2D eigenvalue weighted by atomic mass is 32.2. The highest BCUT2D eigenvalue weighted by molar-refractivity contribution is 7.89. The summed E-state index contributed by atoms with van der Waals surface area (Å²) in [5.41, 5.74) is 0.958. The zero-order chi connectivity index (χ0) is 24.2. The summed E-state index contributed by atoms with van der Waals surface area (Å²) in [4.78, 5) is 12.8. The molecule has 1 saturated heterocycles. The Labute approximate surface area is 196 Å². The van der Waals surface area contributed by atoms with Crippen LogP contribution in [0.2, 0.25) is 0 Å². The van der Waals surface area contributed by atoms with Crippen LogP contribution >= 0.6 is 0 Å². The maximum atomic E-state index is 12.8. The fourth-order valence-electron chi connectivity index (χ4n) is 3.64. The Kier molecular flexibility index (Phi) is 7.94. The molecule has 8 nitrogen and oxygen atoms in total. The highest BCUT2D eigenvalue weighted by Gasteiger charge is 2.28. The average molecular weight is 494 g/mol. The molecule has 0 aliphatic carbocycles. The summed E-state index contributed by atoms with van der Waals surface area (Å²) in [5.74, 6) is 0.147. The monoisotopic (exact) mass is 493 g/mol. The van der Waals surface area contributed by atoms with Gasteiger partial charge in [0, 0.05) is 31.2 Å². The zero-order valence-electron chi connectivity index (χ0n) is 19.1. The van der Waals surface area contributed by atoms with Gasteiger partial charge in [-0.05, 0) is 74.6 Å². The largest absolute Gasteiger partial charge is 0.348 e. The van der Waals surface area contributed by atoms with E-state index in [0.717, 1.165) is 12.8 Å². The summed E-state index contributed by atoms with van der Waals surface area (Å²) in [5, 5.41) is 2.75. The van der Waals surface area contributed by atoms with Crippen molar-refractivity contribution in [1.82, 2.24) is 14.3 Å². The molecule has 1 aliphatic rings. The van der Waals surface area contributed by atoms with E-state index < -0.39 is 20.0 Å². The van der Waals surface area contributed by atoms with E-state index in [9.17, 15) is 21.6 Å². The minimum atomic E-state index is -3.63. The molecule has 2 aromatic carbocycles. The number of nitrogens with zero attached hydrogens (tertiary/aromatic N) is 1.